The largest absolute Gasteiger partial charge is 0.494 e. The number of carboxylic acids is 1. The standard InChI is InChI=1S/C32H36N2O7/c1-32(2,3)41-30(37)33-17-8-18-39-22-15-13-21(14-16-22)19-28(29(35)36)34-31(38)40-20-27-25-11-6-4-9-23(25)24-10-5-7-12-26(24)27/h4-7,9-16,27-28H,8,17-20H2,1-3H3,(H,33,37)(H,34,38)(H,35,36)/t28-/m1/s1. The summed E-state index contributed by atoms with van der Waals surface area (Å²) in [4.78, 5) is 36.2. The number of amides is 2. The molecule has 4 rings (SSSR count). The topological polar surface area (TPSA) is 123 Å². The Morgan fingerprint density at radius 1 is 0.878 bits per heavy atom. The molecule has 9 heteroatoms. The Labute approximate surface area is 239 Å². The Hall–Kier alpha value is -4.53. The van der Waals surface area contributed by atoms with Crippen molar-refractivity contribution in [2.75, 3.05) is 19.8 Å². The fourth-order valence-electron chi connectivity index (χ4n) is 4.71. The summed E-state index contributed by atoms with van der Waals surface area (Å²) in [5.74, 6) is -0.657. The molecule has 1 atom stereocenters. The van der Waals surface area contributed by atoms with E-state index in [-0.39, 0.29) is 18.9 Å². The molecule has 3 N–H and O–H groups in total. The van der Waals surface area contributed by atoms with E-state index in [1.54, 1.807) is 45.0 Å². The number of fused-ring (bicyclic) bond motifs is 3. The summed E-state index contributed by atoms with van der Waals surface area (Å²) in [7, 11) is 0. The normalized spacial score (nSPS) is 13.0. The van der Waals surface area contributed by atoms with Crippen molar-refractivity contribution >= 4 is 18.2 Å². The van der Waals surface area contributed by atoms with Gasteiger partial charge in [-0.05, 0) is 67.1 Å². The van der Waals surface area contributed by atoms with Gasteiger partial charge in [-0.25, -0.2) is 14.4 Å². The van der Waals surface area contributed by atoms with Crippen molar-refractivity contribution in [2.24, 2.45) is 0 Å². The van der Waals surface area contributed by atoms with Crippen molar-refractivity contribution < 1.29 is 33.7 Å². The lowest BCUT2D eigenvalue weighted by atomic mass is 9.98. The molecule has 0 unspecified atom stereocenters. The molecule has 3 aromatic carbocycles. The maximum absolute atomic E-state index is 12.6. The number of rotatable bonds is 11. The summed E-state index contributed by atoms with van der Waals surface area (Å²) < 4.78 is 16.4. The Morgan fingerprint density at radius 3 is 2.07 bits per heavy atom. The van der Waals surface area contributed by atoms with Gasteiger partial charge in [0.1, 0.15) is 24.0 Å². The Kier molecular flexibility index (Phi) is 9.49. The highest BCUT2D eigenvalue weighted by atomic mass is 16.6. The summed E-state index contributed by atoms with van der Waals surface area (Å²) >= 11 is 0. The molecule has 1 aliphatic carbocycles. The molecule has 0 heterocycles. The molecule has 0 saturated carbocycles. The average Bonchev–Trinajstić information content (AvgIpc) is 3.25. The van der Waals surface area contributed by atoms with Crippen molar-refractivity contribution in [2.45, 2.75) is 51.2 Å². The second kappa shape index (κ2) is 13.2. The van der Waals surface area contributed by atoms with Gasteiger partial charge < -0.3 is 30.0 Å². The van der Waals surface area contributed by atoms with Crippen LogP contribution in [0.5, 0.6) is 5.75 Å². The summed E-state index contributed by atoms with van der Waals surface area (Å²) in [6.45, 7) is 6.30. The van der Waals surface area contributed by atoms with Gasteiger partial charge >= 0.3 is 18.2 Å². The minimum atomic E-state index is -1.16. The van der Waals surface area contributed by atoms with E-state index in [9.17, 15) is 19.5 Å². The molecule has 0 saturated heterocycles. The van der Waals surface area contributed by atoms with Crippen LogP contribution < -0.4 is 15.4 Å². The third kappa shape index (κ3) is 8.23. The van der Waals surface area contributed by atoms with Crippen LogP contribution in [0, 0.1) is 0 Å². The lowest BCUT2D eigenvalue weighted by Crippen LogP contribution is -2.42. The third-order valence-corrected chi connectivity index (χ3v) is 6.56. The number of nitrogens with one attached hydrogen (secondary N) is 2. The van der Waals surface area contributed by atoms with E-state index in [0.29, 0.717) is 25.3 Å². The Balaban J connectivity index is 1.23. The van der Waals surface area contributed by atoms with Crippen molar-refractivity contribution in [3.8, 4) is 16.9 Å². The predicted molar refractivity (Wildman–Crippen MR) is 154 cm³/mol. The molecule has 0 spiro atoms. The van der Waals surface area contributed by atoms with Crippen molar-refractivity contribution in [1.29, 1.82) is 0 Å². The molecule has 0 fully saturated rings. The summed E-state index contributed by atoms with van der Waals surface area (Å²) in [5, 5.41) is 14.9. The van der Waals surface area contributed by atoms with Gasteiger partial charge in [0.05, 0.1) is 6.61 Å². The van der Waals surface area contributed by atoms with Crippen LogP contribution in [0.25, 0.3) is 11.1 Å². The highest BCUT2D eigenvalue weighted by Gasteiger charge is 2.30. The van der Waals surface area contributed by atoms with Gasteiger partial charge in [-0.2, -0.15) is 0 Å². The predicted octanol–water partition coefficient (Wildman–Crippen LogP) is 5.51. The zero-order valence-electron chi connectivity index (χ0n) is 23.5. The highest BCUT2D eigenvalue weighted by molar-refractivity contribution is 5.81. The first kappa shape index (κ1) is 29.5. The molecule has 0 aliphatic heterocycles. The molecule has 0 bridgehead atoms. The number of hydrogen-bond acceptors (Lipinski definition) is 6. The number of hydrogen-bond donors (Lipinski definition) is 3. The number of ether oxygens (including phenoxy) is 3. The van der Waals surface area contributed by atoms with E-state index >= 15 is 0 Å². The summed E-state index contributed by atoms with van der Waals surface area (Å²) in [5.41, 5.74) is 4.56. The molecule has 0 radical (unpaired) electrons. The van der Waals surface area contributed by atoms with Crippen LogP contribution >= 0.6 is 0 Å². The van der Waals surface area contributed by atoms with E-state index < -0.39 is 29.8 Å². The monoisotopic (exact) mass is 560 g/mol. The molecule has 0 aromatic heterocycles. The number of benzene rings is 3. The van der Waals surface area contributed by atoms with Crippen LogP contribution in [-0.2, 0) is 20.7 Å². The minimum Gasteiger partial charge on any atom is -0.494 e. The Bertz CT molecular complexity index is 1320. The first-order valence-corrected chi connectivity index (χ1v) is 13.6. The molecule has 41 heavy (non-hydrogen) atoms. The van der Waals surface area contributed by atoms with E-state index in [1.165, 1.54) is 0 Å². The van der Waals surface area contributed by atoms with Crippen molar-refractivity contribution in [1.82, 2.24) is 10.6 Å². The maximum atomic E-state index is 12.6. The van der Waals surface area contributed by atoms with Gasteiger partial charge in [-0.15, -0.1) is 0 Å². The lowest BCUT2D eigenvalue weighted by Gasteiger charge is -2.19. The highest BCUT2D eigenvalue weighted by Crippen LogP contribution is 2.44. The fraction of sp³-hybridized carbons (Fsp3) is 0.344. The van der Waals surface area contributed by atoms with E-state index in [2.05, 4.69) is 22.8 Å². The van der Waals surface area contributed by atoms with Crippen LogP contribution in [0.2, 0.25) is 0 Å². The fourth-order valence-corrected chi connectivity index (χ4v) is 4.71. The molecule has 3 aromatic rings. The number of carbonyl (C=O) groups excluding carboxylic acids is 2. The van der Waals surface area contributed by atoms with Gasteiger partial charge in [0, 0.05) is 18.9 Å². The van der Waals surface area contributed by atoms with E-state index in [1.807, 2.05) is 36.4 Å². The van der Waals surface area contributed by atoms with E-state index in [0.717, 1.165) is 27.8 Å². The number of aliphatic carboxylic acids is 1. The second-order valence-electron chi connectivity index (χ2n) is 10.8. The number of alkyl carbamates (subject to hydrolysis) is 2. The van der Waals surface area contributed by atoms with Gasteiger partial charge in [0.15, 0.2) is 0 Å². The van der Waals surface area contributed by atoms with Crippen LogP contribution in [-0.4, -0.2) is 54.7 Å². The van der Waals surface area contributed by atoms with Gasteiger partial charge in [-0.3, -0.25) is 0 Å². The zero-order valence-corrected chi connectivity index (χ0v) is 23.5. The van der Waals surface area contributed by atoms with Crippen LogP contribution in [0.15, 0.2) is 72.8 Å². The third-order valence-electron chi connectivity index (χ3n) is 6.56. The molecular formula is C32H36N2O7. The van der Waals surface area contributed by atoms with Crippen LogP contribution in [0.3, 0.4) is 0 Å². The van der Waals surface area contributed by atoms with E-state index in [4.69, 9.17) is 14.2 Å². The molecular weight excluding hydrogens is 524 g/mol. The van der Waals surface area contributed by atoms with Gasteiger partial charge in [-0.1, -0.05) is 60.7 Å². The summed E-state index contributed by atoms with van der Waals surface area (Å²) in [6, 6.07) is 21.9. The molecule has 1 aliphatic rings. The maximum Gasteiger partial charge on any atom is 0.407 e. The lowest BCUT2D eigenvalue weighted by molar-refractivity contribution is -0.139. The second-order valence-corrected chi connectivity index (χ2v) is 10.8. The number of carboxylic acid groups (broad SMARTS) is 1. The number of carbonyl (C=O) groups is 3. The molecule has 9 nitrogen and oxygen atoms in total. The minimum absolute atomic E-state index is 0.0830. The molecule has 216 valence electrons. The first-order chi connectivity index (χ1) is 19.6. The smallest absolute Gasteiger partial charge is 0.407 e. The Morgan fingerprint density at radius 2 is 1.49 bits per heavy atom. The first-order valence-electron chi connectivity index (χ1n) is 13.6. The van der Waals surface area contributed by atoms with Gasteiger partial charge in [0.2, 0.25) is 0 Å². The van der Waals surface area contributed by atoms with Crippen LogP contribution in [0.1, 0.15) is 49.8 Å². The van der Waals surface area contributed by atoms with Crippen molar-refractivity contribution in [3.63, 3.8) is 0 Å². The zero-order chi connectivity index (χ0) is 29.4. The van der Waals surface area contributed by atoms with Gasteiger partial charge in [0.25, 0.3) is 0 Å². The quantitative estimate of drug-likeness (QED) is 0.264. The van der Waals surface area contributed by atoms with Crippen molar-refractivity contribution in [3.05, 3.63) is 89.5 Å². The summed E-state index contributed by atoms with van der Waals surface area (Å²) in [6.07, 6.45) is -0.577. The molecule has 2 amide bonds. The average molecular weight is 561 g/mol. The van der Waals surface area contributed by atoms with Crippen LogP contribution in [0.4, 0.5) is 9.59 Å². The SMILES string of the molecule is CC(C)(C)OC(=O)NCCCOc1ccc(C[C@@H](NC(=O)OCC2c3ccccc3-c3ccccc32)C(=O)O)cc1.